The third kappa shape index (κ3) is 55.1. The van der Waals surface area contributed by atoms with E-state index in [4.69, 9.17) is 14.2 Å². The molecular formula is C63H106O6. The lowest BCUT2D eigenvalue weighted by molar-refractivity contribution is -0.167. The first-order valence-electron chi connectivity index (χ1n) is 28.7. The molecule has 0 saturated carbocycles. The van der Waals surface area contributed by atoms with E-state index >= 15 is 0 Å². The van der Waals surface area contributed by atoms with E-state index in [0.717, 1.165) is 116 Å². The SMILES string of the molecule is CC/C=C\C/C=C\C/C=C\C/C=C\C/C=C\CCCCCCCCCCCCCC(=O)OCC(COC(=O)CCCCCCCCCCCCC)OC(=O)CCCCC/C=C\C/C=C\C/C=C\CC. The van der Waals surface area contributed by atoms with Gasteiger partial charge in [-0.2, -0.15) is 0 Å². The summed E-state index contributed by atoms with van der Waals surface area (Å²) in [6, 6.07) is 0. The second kappa shape index (κ2) is 56.9. The van der Waals surface area contributed by atoms with Gasteiger partial charge in [-0.05, 0) is 96.3 Å². The van der Waals surface area contributed by atoms with Crippen molar-refractivity contribution in [2.45, 2.75) is 271 Å². The lowest BCUT2D eigenvalue weighted by Gasteiger charge is -2.18. The Kier molecular flexibility index (Phi) is 53.9. The van der Waals surface area contributed by atoms with Crippen molar-refractivity contribution in [3.05, 3.63) is 97.2 Å². The largest absolute Gasteiger partial charge is 0.462 e. The van der Waals surface area contributed by atoms with Gasteiger partial charge in [-0.3, -0.25) is 14.4 Å². The van der Waals surface area contributed by atoms with Crippen LogP contribution in [0.2, 0.25) is 0 Å². The van der Waals surface area contributed by atoms with Crippen LogP contribution in [0.25, 0.3) is 0 Å². The standard InChI is InChI=1S/C63H106O6/c1-4-7-10-13-16-19-22-24-25-26-27-28-29-30-31-32-33-34-35-36-37-39-41-44-47-50-53-56-62(65)68-59-60(58-67-61(64)55-52-49-46-43-40-21-18-15-12-9-6-3)69-63(66)57-54-51-48-45-42-38-23-20-17-14-11-8-5-2/h7-8,10-11,16-17,19-20,24-25,27-28,30-31,38,42,60H,4-6,9,12-15,18,21-23,26,29,32-37,39-41,43-59H2,1-3H3/b10-7-,11-8-,19-16-,20-17-,25-24-,28-27-,31-30-,42-38-. The van der Waals surface area contributed by atoms with E-state index in [1.807, 2.05) is 0 Å². The number of carbonyl (C=O) groups excluding carboxylic acids is 3. The van der Waals surface area contributed by atoms with E-state index in [0.29, 0.717) is 19.3 Å². The average molecular weight is 960 g/mol. The Labute approximate surface area is 426 Å². The molecule has 0 saturated heterocycles. The summed E-state index contributed by atoms with van der Waals surface area (Å²) in [4.78, 5) is 38.0. The van der Waals surface area contributed by atoms with Crippen molar-refractivity contribution in [3.8, 4) is 0 Å². The lowest BCUT2D eigenvalue weighted by atomic mass is 10.0. The minimum atomic E-state index is -0.792. The second-order valence-corrected chi connectivity index (χ2v) is 18.8. The number of unbranched alkanes of at least 4 members (excludes halogenated alkanes) is 24. The number of carbonyl (C=O) groups is 3. The van der Waals surface area contributed by atoms with Crippen LogP contribution in [-0.2, 0) is 28.6 Å². The molecule has 1 unspecified atom stereocenters. The van der Waals surface area contributed by atoms with Gasteiger partial charge in [0.1, 0.15) is 13.2 Å². The summed E-state index contributed by atoms with van der Waals surface area (Å²) in [5.41, 5.74) is 0. The molecule has 0 radical (unpaired) electrons. The van der Waals surface area contributed by atoms with Crippen LogP contribution in [0.3, 0.4) is 0 Å². The van der Waals surface area contributed by atoms with E-state index in [9.17, 15) is 14.4 Å². The smallest absolute Gasteiger partial charge is 0.306 e. The van der Waals surface area contributed by atoms with Gasteiger partial charge in [-0.15, -0.1) is 0 Å². The Morgan fingerprint density at radius 3 is 0.899 bits per heavy atom. The minimum Gasteiger partial charge on any atom is -0.462 e. The van der Waals surface area contributed by atoms with Crippen molar-refractivity contribution < 1.29 is 28.6 Å². The van der Waals surface area contributed by atoms with Crippen LogP contribution < -0.4 is 0 Å². The average Bonchev–Trinajstić information content (AvgIpc) is 3.35. The highest BCUT2D eigenvalue weighted by molar-refractivity contribution is 5.71. The van der Waals surface area contributed by atoms with E-state index in [1.165, 1.54) is 109 Å². The van der Waals surface area contributed by atoms with Crippen molar-refractivity contribution in [3.63, 3.8) is 0 Å². The maximum atomic E-state index is 12.8. The molecule has 0 spiro atoms. The van der Waals surface area contributed by atoms with Crippen molar-refractivity contribution in [1.29, 1.82) is 0 Å². The molecule has 0 fully saturated rings. The van der Waals surface area contributed by atoms with Crippen LogP contribution in [0.15, 0.2) is 97.2 Å². The molecule has 0 bridgehead atoms. The summed E-state index contributed by atoms with van der Waals surface area (Å²) in [5, 5.41) is 0. The maximum Gasteiger partial charge on any atom is 0.306 e. The monoisotopic (exact) mass is 959 g/mol. The molecule has 1 atom stereocenters. The first-order chi connectivity index (χ1) is 34.0. The Hall–Kier alpha value is -3.67. The molecule has 0 aliphatic heterocycles. The molecule has 0 aromatic rings. The van der Waals surface area contributed by atoms with Crippen molar-refractivity contribution in [1.82, 2.24) is 0 Å². The highest BCUT2D eigenvalue weighted by Crippen LogP contribution is 2.15. The predicted molar refractivity (Wildman–Crippen MR) is 297 cm³/mol. The summed E-state index contributed by atoms with van der Waals surface area (Å²) in [7, 11) is 0. The van der Waals surface area contributed by atoms with Gasteiger partial charge in [-0.25, -0.2) is 0 Å². The van der Waals surface area contributed by atoms with Gasteiger partial charge < -0.3 is 14.2 Å². The van der Waals surface area contributed by atoms with E-state index in [1.54, 1.807) is 0 Å². The van der Waals surface area contributed by atoms with E-state index in [-0.39, 0.29) is 31.1 Å². The second-order valence-electron chi connectivity index (χ2n) is 18.8. The molecular weight excluding hydrogens is 853 g/mol. The van der Waals surface area contributed by atoms with E-state index in [2.05, 4.69) is 118 Å². The molecule has 6 heteroatoms. The van der Waals surface area contributed by atoms with Gasteiger partial charge in [0.25, 0.3) is 0 Å². The summed E-state index contributed by atoms with van der Waals surface area (Å²) in [6.45, 7) is 6.38. The van der Waals surface area contributed by atoms with Crippen LogP contribution in [0.4, 0.5) is 0 Å². The van der Waals surface area contributed by atoms with Gasteiger partial charge in [0, 0.05) is 19.3 Å². The molecule has 0 aromatic carbocycles. The topological polar surface area (TPSA) is 78.9 Å². The van der Waals surface area contributed by atoms with Crippen LogP contribution >= 0.6 is 0 Å². The van der Waals surface area contributed by atoms with Gasteiger partial charge >= 0.3 is 17.9 Å². The predicted octanol–water partition coefficient (Wildman–Crippen LogP) is 19.3. The van der Waals surface area contributed by atoms with E-state index < -0.39 is 6.10 Å². The Balaban J connectivity index is 4.25. The Morgan fingerprint density at radius 1 is 0.304 bits per heavy atom. The van der Waals surface area contributed by atoms with Crippen LogP contribution in [0, 0.1) is 0 Å². The molecule has 0 heterocycles. The summed E-state index contributed by atoms with van der Waals surface area (Å²) in [5.74, 6) is -0.919. The molecule has 0 aromatic heterocycles. The third-order valence-corrected chi connectivity index (χ3v) is 12.1. The zero-order valence-electron chi connectivity index (χ0n) is 45.0. The normalized spacial score (nSPS) is 12.8. The van der Waals surface area contributed by atoms with Crippen molar-refractivity contribution in [2.24, 2.45) is 0 Å². The first-order valence-corrected chi connectivity index (χ1v) is 28.7. The molecule has 0 rings (SSSR count). The zero-order valence-corrected chi connectivity index (χ0v) is 45.0. The fraction of sp³-hybridized carbons (Fsp3) is 0.698. The Bertz CT molecular complexity index is 1380. The van der Waals surface area contributed by atoms with Crippen LogP contribution in [-0.4, -0.2) is 37.2 Å². The highest BCUT2D eigenvalue weighted by Gasteiger charge is 2.19. The highest BCUT2D eigenvalue weighted by atomic mass is 16.6. The van der Waals surface area contributed by atoms with Crippen molar-refractivity contribution >= 4 is 17.9 Å². The zero-order chi connectivity index (χ0) is 50.0. The van der Waals surface area contributed by atoms with Gasteiger partial charge in [-0.1, -0.05) is 246 Å². The number of allylic oxidation sites excluding steroid dienone is 16. The molecule has 69 heavy (non-hydrogen) atoms. The molecule has 394 valence electrons. The number of esters is 3. The quantitative estimate of drug-likeness (QED) is 0.0262. The first kappa shape index (κ1) is 65.3. The lowest BCUT2D eigenvalue weighted by Crippen LogP contribution is -2.30. The summed E-state index contributed by atoms with van der Waals surface area (Å²) >= 11 is 0. The molecule has 0 N–H and O–H groups in total. The van der Waals surface area contributed by atoms with Gasteiger partial charge in [0.2, 0.25) is 0 Å². The molecule has 0 amide bonds. The number of hydrogen-bond donors (Lipinski definition) is 0. The van der Waals surface area contributed by atoms with Crippen LogP contribution in [0.5, 0.6) is 0 Å². The Morgan fingerprint density at radius 2 is 0.565 bits per heavy atom. The minimum absolute atomic E-state index is 0.0882. The number of hydrogen-bond acceptors (Lipinski definition) is 6. The summed E-state index contributed by atoms with van der Waals surface area (Å²) in [6.07, 6.45) is 75.5. The molecule has 0 aliphatic carbocycles. The fourth-order valence-corrected chi connectivity index (χ4v) is 7.84. The van der Waals surface area contributed by atoms with Crippen molar-refractivity contribution in [2.75, 3.05) is 13.2 Å². The summed E-state index contributed by atoms with van der Waals surface area (Å²) < 4.78 is 16.8. The van der Waals surface area contributed by atoms with Gasteiger partial charge in [0.05, 0.1) is 0 Å². The van der Waals surface area contributed by atoms with Gasteiger partial charge in [0.15, 0.2) is 6.10 Å². The number of rotatable bonds is 51. The third-order valence-electron chi connectivity index (χ3n) is 12.1. The fourth-order valence-electron chi connectivity index (χ4n) is 7.84. The number of ether oxygens (including phenoxy) is 3. The molecule has 0 aliphatic rings. The van der Waals surface area contributed by atoms with Crippen LogP contribution in [0.1, 0.15) is 265 Å². The molecule has 6 nitrogen and oxygen atoms in total. The maximum absolute atomic E-state index is 12.8.